The molecule has 1 fully saturated rings. The minimum atomic E-state index is -0.0654. The number of nitrogens with zero attached hydrogens (tertiary/aromatic N) is 4. The van der Waals surface area contributed by atoms with Crippen molar-refractivity contribution < 1.29 is 9.53 Å². The molecule has 0 bridgehead atoms. The van der Waals surface area contributed by atoms with Gasteiger partial charge in [-0.25, -0.2) is 4.68 Å². The number of rotatable bonds is 8. The van der Waals surface area contributed by atoms with Gasteiger partial charge in [-0.05, 0) is 72.8 Å². The van der Waals surface area contributed by atoms with Gasteiger partial charge in [0.25, 0.3) is 0 Å². The molecule has 0 spiro atoms. The van der Waals surface area contributed by atoms with Gasteiger partial charge in [-0.3, -0.25) is 4.79 Å². The Bertz CT molecular complexity index is 1360. The van der Waals surface area contributed by atoms with E-state index in [0.717, 1.165) is 59.5 Å². The van der Waals surface area contributed by atoms with Crippen molar-refractivity contribution in [3.05, 3.63) is 100 Å². The van der Waals surface area contributed by atoms with Crippen LogP contribution in [0.25, 0.3) is 11.1 Å². The summed E-state index contributed by atoms with van der Waals surface area (Å²) in [6.45, 7) is 4.63. The molecule has 0 aliphatic carbocycles. The molecule has 4 aromatic rings. The SMILES string of the molecule is Cc1ccc(Cn2cc(C(=O)Cc3ccc(-c4ccc(OC5CCN(C)CC5)cc4)cc3)nn2)c(Cl)c1. The van der Waals surface area contributed by atoms with Crippen LogP contribution < -0.4 is 4.74 Å². The highest BCUT2D eigenvalue weighted by molar-refractivity contribution is 6.31. The summed E-state index contributed by atoms with van der Waals surface area (Å²) in [5.41, 5.74) is 5.55. The number of aromatic nitrogens is 3. The van der Waals surface area contributed by atoms with Gasteiger partial charge in [0.15, 0.2) is 5.78 Å². The van der Waals surface area contributed by atoms with Crippen molar-refractivity contribution in [2.75, 3.05) is 20.1 Å². The molecule has 1 aliphatic rings. The van der Waals surface area contributed by atoms with Crippen LogP contribution in [0.3, 0.4) is 0 Å². The van der Waals surface area contributed by atoms with Crippen LogP contribution in [0.4, 0.5) is 0 Å². The van der Waals surface area contributed by atoms with Crippen molar-refractivity contribution in [1.29, 1.82) is 0 Å². The molecule has 0 unspecified atom stereocenters. The number of likely N-dealkylation sites (tertiary alicyclic amines) is 1. The van der Waals surface area contributed by atoms with Gasteiger partial charge in [0.05, 0.1) is 12.7 Å². The molecule has 6 nitrogen and oxygen atoms in total. The molecule has 0 atom stereocenters. The monoisotopic (exact) mass is 514 g/mol. The van der Waals surface area contributed by atoms with Crippen LogP contribution in [0.5, 0.6) is 5.75 Å². The molecule has 2 heterocycles. The molecular formula is C30H31ClN4O2. The predicted molar refractivity (Wildman–Crippen MR) is 146 cm³/mol. The van der Waals surface area contributed by atoms with E-state index in [0.29, 0.717) is 23.4 Å². The number of ketones is 1. The van der Waals surface area contributed by atoms with E-state index in [2.05, 4.69) is 34.4 Å². The summed E-state index contributed by atoms with van der Waals surface area (Å²) in [6.07, 6.45) is 4.38. The first-order valence-electron chi connectivity index (χ1n) is 12.7. The van der Waals surface area contributed by atoms with Crippen LogP contribution in [-0.4, -0.2) is 51.9 Å². The van der Waals surface area contributed by atoms with Crippen molar-refractivity contribution in [3.8, 4) is 16.9 Å². The van der Waals surface area contributed by atoms with Gasteiger partial charge in [-0.2, -0.15) is 0 Å². The zero-order valence-corrected chi connectivity index (χ0v) is 22.0. The number of carbonyl (C=O) groups is 1. The smallest absolute Gasteiger partial charge is 0.189 e. The standard InChI is InChI=1S/C30H31ClN4O2/c1-21-3-6-25(28(31)17-21)19-35-20-29(32-33-35)30(36)18-22-4-7-23(8-5-22)24-9-11-26(12-10-24)37-27-13-15-34(2)16-14-27/h3-12,17,20,27H,13-16,18-19H2,1-2H3. The average Bonchev–Trinajstić information content (AvgIpc) is 3.37. The van der Waals surface area contributed by atoms with Crippen LogP contribution >= 0.6 is 11.6 Å². The highest BCUT2D eigenvalue weighted by atomic mass is 35.5. The quantitative estimate of drug-likeness (QED) is 0.276. The van der Waals surface area contributed by atoms with Crippen molar-refractivity contribution >= 4 is 17.4 Å². The molecule has 0 saturated carbocycles. The summed E-state index contributed by atoms with van der Waals surface area (Å²) in [5, 5.41) is 8.88. The summed E-state index contributed by atoms with van der Waals surface area (Å²) in [7, 11) is 2.15. The van der Waals surface area contributed by atoms with E-state index >= 15 is 0 Å². The fraction of sp³-hybridized carbons (Fsp3) is 0.300. The van der Waals surface area contributed by atoms with Crippen molar-refractivity contribution in [1.82, 2.24) is 19.9 Å². The number of hydrogen-bond acceptors (Lipinski definition) is 5. The summed E-state index contributed by atoms with van der Waals surface area (Å²) in [4.78, 5) is 15.1. The molecule has 37 heavy (non-hydrogen) atoms. The van der Waals surface area contributed by atoms with E-state index in [1.54, 1.807) is 10.9 Å². The number of halogens is 1. The van der Waals surface area contributed by atoms with Crippen LogP contribution in [0.2, 0.25) is 5.02 Å². The van der Waals surface area contributed by atoms with Gasteiger partial charge in [0, 0.05) is 24.5 Å². The molecule has 7 heteroatoms. The number of ether oxygens (including phenoxy) is 1. The third kappa shape index (κ3) is 6.45. The molecule has 0 N–H and O–H groups in total. The second-order valence-corrected chi connectivity index (χ2v) is 10.2. The molecule has 5 rings (SSSR count). The molecule has 0 radical (unpaired) electrons. The maximum atomic E-state index is 12.8. The Morgan fingerprint density at radius 2 is 1.68 bits per heavy atom. The van der Waals surface area contributed by atoms with Gasteiger partial charge in [0.2, 0.25) is 0 Å². The fourth-order valence-electron chi connectivity index (χ4n) is 4.57. The lowest BCUT2D eigenvalue weighted by Crippen LogP contribution is -2.35. The van der Waals surface area contributed by atoms with Crippen molar-refractivity contribution in [3.63, 3.8) is 0 Å². The molecule has 1 aromatic heterocycles. The minimum absolute atomic E-state index is 0.0654. The number of aryl methyl sites for hydroxylation is 1. The summed E-state index contributed by atoms with van der Waals surface area (Å²) < 4.78 is 7.81. The van der Waals surface area contributed by atoms with Crippen LogP contribution in [-0.2, 0) is 13.0 Å². The van der Waals surface area contributed by atoms with Crippen molar-refractivity contribution in [2.45, 2.75) is 38.8 Å². The van der Waals surface area contributed by atoms with E-state index in [1.165, 1.54) is 0 Å². The Hall–Kier alpha value is -3.48. The van der Waals surface area contributed by atoms with Gasteiger partial charge >= 0.3 is 0 Å². The Balaban J connectivity index is 1.17. The summed E-state index contributed by atoms with van der Waals surface area (Å²) in [5.74, 6) is 0.850. The van der Waals surface area contributed by atoms with Gasteiger partial charge in [-0.1, -0.05) is 65.3 Å². The highest BCUT2D eigenvalue weighted by Gasteiger charge is 2.18. The van der Waals surface area contributed by atoms with Crippen LogP contribution in [0, 0.1) is 6.92 Å². The summed E-state index contributed by atoms with van der Waals surface area (Å²) >= 11 is 6.33. The maximum Gasteiger partial charge on any atom is 0.189 e. The van der Waals surface area contributed by atoms with Gasteiger partial charge in [-0.15, -0.1) is 5.10 Å². The number of Topliss-reactive ketones (excluding diaryl/α,β-unsaturated/α-hetero) is 1. The third-order valence-electron chi connectivity index (χ3n) is 6.84. The lowest BCUT2D eigenvalue weighted by molar-refractivity contribution is 0.0988. The highest BCUT2D eigenvalue weighted by Crippen LogP contribution is 2.25. The topological polar surface area (TPSA) is 60.2 Å². The normalized spacial score (nSPS) is 14.6. The van der Waals surface area contributed by atoms with E-state index in [9.17, 15) is 4.79 Å². The van der Waals surface area contributed by atoms with Gasteiger partial charge in [0.1, 0.15) is 17.5 Å². The lowest BCUT2D eigenvalue weighted by Gasteiger charge is -2.29. The third-order valence-corrected chi connectivity index (χ3v) is 7.19. The average molecular weight is 515 g/mol. The Labute approximate surface area is 222 Å². The lowest BCUT2D eigenvalue weighted by atomic mass is 10.0. The van der Waals surface area contributed by atoms with E-state index in [4.69, 9.17) is 16.3 Å². The van der Waals surface area contributed by atoms with E-state index < -0.39 is 0 Å². The fourth-order valence-corrected chi connectivity index (χ4v) is 4.87. The number of piperidine rings is 1. The zero-order chi connectivity index (χ0) is 25.8. The molecular weight excluding hydrogens is 484 g/mol. The maximum absolute atomic E-state index is 12.8. The molecule has 190 valence electrons. The first-order chi connectivity index (χ1) is 17.9. The Morgan fingerprint density at radius 1 is 1.00 bits per heavy atom. The first-order valence-corrected chi connectivity index (χ1v) is 13.0. The second kappa shape index (κ2) is 11.3. The van der Waals surface area contributed by atoms with E-state index in [-0.39, 0.29) is 12.2 Å². The molecule has 1 saturated heterocycles. The van der Waals surface area contributed by atoms with Crippen molar-refractivity contribution in [2.24, 2.45) is 0 Å². The number of benzene rings is 3. The van der Waals surface area contributed by atoms with Crippen LogP contribution in [0.15, 0.2) is 72.9 Å². The van der Waals surface area contributed by atoms with Crippen LogP contribution in [0.1, 0.15) is 40.0 Å². The molecule has 0 amide bonds. The Kier molecular flexibility index (Phi) is 7.68. The number of carbonyl (C=O) groups excluding carboxylic acids is 1. The predicted octanol–water partition coefficient (Wildman–Crippen LogP) is 5.85. The second-order valence-electron chi connectivity index (χ2n) is 9.84. The van der Waals surface area contributed by atoms with Gasteiger partial charge < -0.3 is 9.64 Å². The molecule has 3 aromatic carbocycles. The minimum Gasteiger partial charge on any atom is -0.490 e. The summed E-state index contributed by atoms with van der Waals surface area (Å²) in [6, 6.07) is 22.2. The first kappa shape index (κ1) is 25.2. The Morgan fingerprint density at radius 3 is 2.35 bits per heavy atom. The van der Waals surface area contributed by atoms with E-state index in [1.807, 2.05) is 61.5 Å². The molecule has 1 aliphatic heterocycles. The number of hydrogen-bond donors (Lipinski definition) is 0. The largest absolute Gasteiger partial charge is 0.490 e. The zero-order valence-electron chi connectivity index (χ0n) is 21.2.